The maximum Gasteiger partial charge on any atom is 0.323 e. The highest BCUT2D eigenvalue weighted by molar-refractivity contribution is 8.13. The van der Waals surface area contributed by atoms with Crippen LogP contribution in [0, 0.1) is 0 Å². The first-order valence-electron chi connectivity index (χ1n) is 7.18. The van der Waals surface area contributed by atoms with E-state index in [1.165, 1.54) is 19.6 Å². The first kappa shape index (κ1) is 22.1. The molecular weight excluding hydrogens is 359 g/mol. The molecule has 0 heterocycles. The zero-order chi connectivity index (χ0) is 17.8. The minimum absolute atomic E-state index is 0.417. The number of thioether (sulfide) groups is 1. The molecule has 0 fully saturated rings. The van der Waals surface area contributed by atoms with Crippen LogP contribution in [0.2, 0.25) is 10.0 Å². The number of nitrogens with zero attached hydrogens (tertiary/aromatic N) is 1. The van der Waals surface area contributed by atoms with Crippen molar-refractivity contribution in [3.05, 3.63) is 28.2 Å². The molecule has 0 spiro atoms. The predicted octanol–water partition coefficient (Wildman–Crippen LogP) is 4.23. The normalized spacial score (nSPS) is 10.0. The highest BCUT2D eigenvalue weighted by Crippen LogP contribution is 2.26. The van der Waals surface area contributed by atoms with Gasteiger partial charge in [0.1, 0.15) is 6.54 Å². The van der Waals surface area contributed by atoms with Crippen LogP contribution in [0.1, 0.15) is 20.8 Å². The number of nitrogens with one attached hydrogen (secondary N) is 1. The SMILES string of the molecule is CCN(CC)CC.O=C(O)CNC(=O)Sc1cc(Cl)cc(Cl)c1. The minimum Gasteiger partial charge on any atom is -0.480 e. The van der Waals surface area contributed by atoms with Crippen LogP contribution in [0.25, 0.3) is 0 Å². The van der Waals surface area contributed by atoms with Gasteiger partial charge in [-0.2, -0.15) is 0 Å². The van der Waals surface area contributed by atoms with Crippen LogP contribution in [0.5, 0.6) is 0 Å². The molecule has 0 aromatic heterocycles. The Morgan fingerprint density at radius 3 is 1.91 bits per heavy atom. The molecule has 1 amide bonds. The highest BCUT2D eigenvalue weighted by Gasteiger charge is 2.07. The lowest BCUT2D eigenvalue weighted by atomic mass is 10.4. The summed E-state index contributed by atoms with van der Waals surface area (Å²) in [6.07, 6.45) is 0. The fourth-order valence-electron chi connectivity index (χ4n) is 1.55. The van der Waals surface area contributed by atoms with Gasteiger partial charge in [-0.3, -0.25) is 9.59 Å². The molecule has 0 aliphatic heterocycles. The van der Waals surface area contributed by atoms with Gasteiger partial charge < -0.3 is 15.3 Å². The average molecular weight is 381 g/mol. The summed E-state index contributed by atoms with van der Waals surface area (Å²) in [5.74, 6) is -1.10. The van der Waals surface area contributed by atoms with Gasteiger partial charge in [0, 0.05) is 14.9 Å². The fraction of sp³-hybridized carbons (Fsp3) is 0.467. The van der Waals surface area contributed by atoms with Gasteiger partial charge in [0.15, 0.2) is 0 Å². The smallest absolute Gasteiger partial charge is 0.323 e. The van der Waals surface area contributed by atoms with Crippen LogP contribution in [-0.2, 0) is 4.79 Å². The Bertz CT molecular complexity index is 486. The lowest BCUT2D eigenvalue weighted by molar-refractivity contribution is -0.135. The second-order valence-electron chi connectivity index (χ2n) is 4.36. The van der Waals surface area contributed by atoms with Crippen molar-refractivity contribution in [1.29, 1.82) is 0 Å². The number of amides is 1. The zero-order valence-electron chi connectivity index (χ0n) is 13.4. The Kier molecular flexibility index (Phi) is 12.0. The highest BCUT2D eigenvalue weighted by atomic mass is 35.5. The molecule has 0 aliphatic carbocycles. The van der Waals surface area contributed by atoms with E-state index in [1.807, 2.05) is 0 Å². The van der Waals surface area contributed by atoms with Crippen LogP contribution in [-0.4, -0.2) is 47.4 Å². The largest absolute Gasteiger partial charge is 0.480 e. The maximum atomic E-state index is 11.2. The molecule has 0 saturated carbocycles. The van der Waals surface area contributed by atoms with Crippen LogP contribution >= 0.6 is 35.0 Å². The molecule has 0 unspecified atom stereocenters. The van der Waals surface area contributed by atoms with Crippen molar-refractivity contribution in [2.45, 2.75) is 25.7 Å². The Labute approximate surface area is 151 Å². The maximum absolute atomic E-state index is 11.2. The number of hydrogen-bond acceptors (Lipinski definition) is 4. The standard InChI is InChI=1S/C9H7Cl2NO3S.C6H15N/c10-5-1-6(11)3-7(2-5)16-9(15)12-4-8(13)14;1-4-7(5-2)6-3/h1-3H,4H2,(H,12,15)(H,13,14);4-6H2,1-3H3. The van der Waals surface area contributed by atoms with Gasteiger partial charge in [-0.15, -0.1) is 0 Å². The quantitative estimate of drug-likeness (QED) is 0.722. The number of hydrogen-bond donors (Lipinski definition) is 2. The lowest BCUT2D eigenvalue weighted by Gasteiger charge is -2.13. The van der Waals surface area contributed by atoms with Crippen LogP contribution < -0.4 is 5.32 Å². The molecule has 0 bridgehead atoms. The van der Waals surface area contributed by atoms with E-state index in [1.54, 1.807) is 18.2 Å². The molecule has 2 N–H and O–H groups in total. The third-order valence-electron chi connectivity index (χ3n) is 2.77. The second-order valence-corrected chi connectivity index (χ2v) is 6.28. The Morgan fingerprint density at radius 1 is 1.09 bits per heavy atom. The number of halogens is 2. The number of aliphatic carboxylic acids is 1. The van der Waals surface area contributed by atoms with Crippen molar-refractivity contribution < 1.29 is 14.7 Å². The van der Waals surface area contributed by atoms with Crippen molar-refractivity contribution in [2.24, 2.45) is 0 Å². The summed E-state index contributed by atoms with van der Waals surface area (Å²) in [7, 11) is 0. The average Bonchev–Trinajstić information content (AvgIpc) is 2.46. The van der Waals surface area contributed by atoms with Gasteiger partial charge in [0.25, 0.3) is 5.24 Å². The summed E-state index contributed by atoms with van der Waals surface area (Å²) < 4.78 is 0. The van der Waals surface area contributed by atoms with E-state index in [-0.39, 0.29) is 0 Å². The number of carbonyl (C=O) groups excluding carboxylic acids is 1. The van der Waals surface area contributed by atoms with Crippen molar-refractivity contribution >= 4 is 46.2 Å². The van der Waals surface area contributed by atoms with Gasteiger partial charge in [0.2, 0.25) is 0 Å². The molecule has 0 radical (unpaired) electrons. The van der Waals surface area contributed by atoms with Crippen LogP contribution in [0.4, 0.5) is 4.79 Å². The van der Waals surface area contributed by atoms with Crippen molar-refractivity contribution in [3.63, 3.8) is 0 Å². The van der Waals surface area contributed by atoms with Gasteiger partial charge in [-0.1, -0.05) is 44.0 Å². The molecule has 23 heavy (non-hydrogen) atoms. The second kappa shape index (κ2) is 12.5. The van der Waals surface area contributed by atoms with Crippen LogP contribution in [0.3, 0.4) is 0 Å². The van der Waals surface area contributed by atoms with Crippen molar-refractivity contribution in [1.82, 2.24) is 10.2 Å². The van der Waals surface area contributed by atoms with E-state index >= 15 is 0 Å². The number of carboxylic acids is 1. The van der Waals surface area contributed by atoms with Gasteiger partial charge in [-0.25, -0.2) is 0 Å². The summed E-state index contributed by atoms with van der Waals surface area (Å²) in [5.41, 5.74) is 0. The summed E-state index contributed by atoms with van der Waals surface area (Å²) in [6.45, 7) is 9.71. The van der Waals surface area contributed by atoms with Crippen LogP contribution in [0.15, 0.2) is 23.1 Å². The van der Waals surface area contributed by atoms with E-state index < -0.39 is 17.8 Å². The van der Waals surface area contributed by atoms with E-state index in [0.29, 0.717) is 14.9 Å². The summed E-state index contributed by atoms with van der Waals surface area (Å²) >= 11 is 12.3. The van der Waals surface area contributed by atoms with Gasteiger partial charge >= 0.3 is 5.97 Å². The van der Waals surface area contributed by atoms with Crippen molar-refractivity contribution in [2.75, 3.05) is 26.2 Å². The molecule has 0 atom stereocenters. The molecule has 5 nitrogen and oxygen atoms in total. The van der Waals surface area contributed by atoms with E-state index in [2.05, 4.69) is 31.0 Å². The number of benzene rings is 1. The van der Waals surface area contributed by atoms with Crippen molar-refractivity contribution in [3.8, 4) is 0 Å². The predicted molar refractivity (Wildman–Crippen MR) is 96.8 cm³/mol. The third-order valence-corrected chi connectivity index (χ3v) is 4.01. The Balaban J connectivity index is 0.000000585. The number of carbonyl (C=O) groups is 2. The molecular formula is C15H22Cl2N2O3S. The molecule has 130 valence electrons. The zero-order valence-corrected chi connectivity index (χ0v) is 15.8. The minimum atomic E-state index is -1.10. The fourth-order valence-corrected chi connectivity index (χ4v) is 2.93. The molecule has 0 saturated heterocycles. The third kappa shape index (κ3) is 11.3. The lowest BCUT2D eigenvalue weighted by Crippen LogP contribution is -2.25. The molecule has 1 aromatic rings. The number of rotatable bonds is 6. The Hall–Kier alpha value is -0.950. The Morgan fingerprint density at radius 2 is 1.57 bits per heavy atom. The monoisotopic (exact) mass is 380 g/mol. The van der Waals surface area contributed by atoms with E-state index in [4.69, 9.17) is 28.3 Å². The molecule has 8 heteroatoms. The summed E-state index contributed by atoms with van der Waals surface area (Å²) in [5, 5.41) is 10.9. The van der Waals surface area contributed by atoms with E-state index in [0.717, 1.165) is 11.8 Å². The van der Waals surface area contributed by atoms with E-state index in [9.17, 15) is 9.59 Å². The number of carboxylic acid groups (broad SMARTS) is 1. The van der Waals surface area contributed by atoms with Gasteiger partial charge in [-0.05, 0) is 49.6 Å². The molecule has 1 rings (SSSR count). The summed E-state index contributed by atoms with van der Waals surface area (Å²) in [4.78, 5) is 24.4. The first-order valence-corrected chi connectivity index (χ1v) is 8.75. The van der Waals surface area contributed by atoms with Gasteiger partial charge in [0.05, 0.1) is 0 Å². The molecule has 1 aromatic carbocycles. The first-order chi connectivity index (χ1) is 10.8. The summed E-state index contributed by atoms with van der Waals surface area (Å²) in [6, 6.07) is 4.68. The molecule has 0 aliphatic rings. The topological polar surface area (TPSA) is 69.6 Å².